The number of piperazine rings is 1. The van der Waals surface area contributed by atoms with Gasteiger partial charge in [0.2, 0.25) is 5.91 Å². The van der Waals surface area contributed by atoms with Crippen LogP contribution < -0.4 is 14.5 Å². The van der Waals surface area contributed by atoms with Gasteiger partial charge in [0.25, 0.3) is 0 Å². The third kappa shape index (κ3) is 11.7. The first kappa shape index (κ1) is 39.1. The Balaban J connectivity index is 0.985. The molecule has 5 rings (SSSR count). The number of amides is 1. The molecule has 0 aliphatic carbocycles. The van der Waals surface area contributed by atoms with Crippen LogP contribution in [0.15, 0.2) is 47.8 Å². The third-order valence-electron chi connectivity index (χ3n) is 10.8. The largest absolute Gasteiger partial charge is 0.494 e. The number of ether oxygens (including phenoxy) is 2. The molecule has 8 heteroatoms. The first-order valence-corrected chi connectivity index (χ1v) is 20.9. The Kier molecular flexibility index (Phi) is 15.5. The molecule has 1 saturated heterocycles. The number of anilines is 2. The minimum atomic E-state index is -0.291. The Hall–Kier alpha value is -3.10. The van der Waals surface area contributed by atoms with Crippen LogP contribution in [0.3, 0.4) is 0 Å². The molecule has 280 valence electrons. The van der Waals surface area contributed by atoms with Crippen molar-refractivity contribution in [3.63, 3.8) is 0 Å². The monoisotopic (exact) mass is 717 g/mol. The second-order valence-corrected chi connectivity index (χ2v) is 16.3. The second-order valence-electron chi connectivity index (χ2n) is 15.3. The Morgan fingerprint density at radius 3 is 2.24 bits per heavy atom. The van der Waals surface area contributed by atoms with Crippen molar-refractivity contribution in [1.82, 2.24) is 4.90 Å². The standard InChI is InChI=1S/C43H63N3O4S/c1-4-5-6-7-8-9-10-11-12-13-14-15-21-42(48)50-34-46-39-32-35(22-23-37(39)43(2,3)33-41(46)47)49-30-17-16-25-44-26-28-45(29-27-44)38-19-18-20-40-36(38)24-31-51-40/h18-20,22-24,31-32H,4-17,21,25-30,33-34H2,1-3H3. The number of carbonyl (C=O) groups excluding carboxylic acids is 2. The van der Waals surface area contributed by atoms with Crippen LogP contribution in [-0.4, -0.2) is 62.8 Å². The van der Waals surface area contributed by atoms with Crippen molar-refractivity contribution in [3.8, 4) is 5.75 Å². The summed E-state index contributed by atoms with van der Waals surface area (Å²) in [5.74, 6) is 0.508. The summed E-state index contributed by atoms with van der Waals surface area (Å²) in [4.78, 5) is 32.6. The van der Waals surface area contributed by atoms with E-state index in [1.54, 1.807) is 4.90 Å². The molecule has 3 heterocycles. The Bertz CT molecular complexity index is 1510. The first-order valence-electron chi connectivity index (χ1n) is 20.0. The topological polar surface area (TPSA) is 62.3 Å². The van der Waals surface area contributed by atoms with Crippen LogP contribution in [-0.2, 0) is 19.7 Å². The number of fused-ring (bicyclic) bond motifs is 2. The lowest BCUT2D eigenvalue weighted by Crippen LogP contribution is -2.46. The zero-order valence-electron chi connectivity index (χ0n) is 31.8. The number of thiophene rings is 1. The van der Waals surface area contributed by atoms with Gasteiger partial charge in [-0.3, -0.25) is 19.4 Å². The summed E-state index contributed by atoms with van der Waals surface area (Å²) in [6, 6.07) is 14.9. The molecule has 51 heavy (non-hydrogen) atoms. The number of hydrogen-bond acceptors (Lipinski definition) is 7. The maximum absolute atomic E-state index is 13.3. The van der Waals surface area contributed by atoms with E-state index in [9.17, 15) is 9.59 Å². The van der Waals surface area contributed by atoms with E-state index in [1.165, 1.54) is 80.0 Å². The molecule has 1 aromatic heterocycles. The van der Waals surface area contributed by atoms with Gasteiger partial charge in [-0.2, -0.15) is 0 Å². The number of unbranched alkanes of at least 4 members (excludes halogenated alkanes) is 12. The Morgan fingerprint density at radius 1 is 0.804 bits per heavy atom. The van der Waals surface area contributed by atoms with Crippen molar-refractivity contribution in [3.05, 3.63) is 53.4 Å². The molecule has 2 aromatic carbocycles. The highest BCUT2D eigenvalue weighted by Gasteiger charge is 2.37. The fourth-order valence-corrected chi connectivity index (χ4v) is 8.46. The highest BCUT2D eigenvalue weighted by molar-refractivity contribution is 7.17. The van der Waals surface area contributed by atoms with Gasteiger partial charge in [-0.05, 0) is 61.0 Å². The number of nitrogens with zero attached hydrogens (tertiary/aromatic N) is 3. The molecule has 3 aromatic rings. The lowest BCUT2D eigenvalue weighted by atomic mass is 9.77. The zero-order chi connectivity index (χ0) is 35.9. The molecule has 0 bridgehead atoms. The number of carbonyl (C=O) groups is 2. The molecule has 1 amide bonds. The van der Waals surface area contributed by atoms with Gasteiger partial charge in [-0.1, -0.05) is 104 Å². The quantitative estimate of drug-likeness (QED) is 0.0762. The maximum atomic E-state index is 13.3. The number of rotatable bonds is 22. The molecule has 0 radical (unpaired) electrons. The van der Waals surface area contributed by atoms with Gasteiger partial charge in [0, 0.05) is 66.3 Å². The number of esters is 1. The fourth-order valence-electron chi connectivity index (χ4n) is 7.65. The molecule has 0 atom stereocenters. The van der Waals surface area contributed by atoms with Crippen molar-refractivity contribution in [2.24, 2.45) is 0 Å². The van der Waals surface area contributed by atoms with Crippen LogP contribution >= 0.6 is 11.3 Å². The van der Waals surface area contributed by atoms with Crippen molar-refractivity contribution >= 4 is 44.7 Å². The van der Waals surface area contributed by atoms with Crippen LogP contribution in [0.25, 0.3) is 10.1 Å². The smallest absolute Gasteiger partial charge is 0.307 e. The Labute approximate surface area is 311 Å². The van der Waals surface area contributed by atoms with E-state index in [4.69, 9.17) is 9.47 Å². The molecule has 0 N–H and O–H groups in total. The van der Waals surface area contributed by atoms with Crippen molar-refractivity contribution in [2.75, 3.05) is 55.9 Å². The zero-order valence-corrected chi connectivity index (χ0v) is 32.6. The van der Waals surface area contributed by atoms with Crippen molar-refractivity contribution < 1.29 is 19.1 Å². The van der Waals surface area contributed by atoms with Gasteiger partial charge >= 0.3 is 5.97 Å². The lowest BCUT2D eigenvalue weighted by Gasteiger charge is -2.38. The molecule has 1 fully saturated rings. The summed E-state index contributed by atoms with van der Waals surface area (Å²) in [6.07, 6.45) is 17.9. The van der Waals surface area contributed by atoms with E-state index in [-0.39, 0.29) is 24.0 Å². The summed E-state index contributed by atoms with van der Waals surface area (Å²) < 4.78 is 13.2. The van der Waals surface area contributed by atoms with Gasteiger partial charge in [0.15, 0.2) is 6.73 Å². The maximum Gasteiger partial charge on any atom is 0.307 e. The summed E-state index contributed by atoms with van der Waals surface area (Å²) in [7, 11) is 0. The van der Waals surface area contributed by atoms with Crippen LogP contribution in [0, 0.1) is 0 Å². The Morgan fingerprint density at radius 2 is 1.51 bits per heavy atom. The molecule has 0 saturated carbocycles. The van der Waals surface area contributed by atoms with Crippen LogP contribution in [0.4, 0.5) is 11.4 Å². The fraction of sp³-hybridized carbons (Fsp3) is 0.628. The highest BCUT2D eigenvalue weighted by atomic mass is 32.1. The van der Waals surface area contributed by atoms with Gasteiger partial charge < -0.3 is 14.4 Å². The van der Waals surface area contributed by atoms with Crippen molar-refractivity contribution in [1.29, 1.82) is 0 Å². The first-order chi connectivity index (χ1) is 24.9. The molecule has 0 spiro atoms. The van der Waals surface area contributed by atoms with E-state index >= 15 is 0 Å². The molecular formula is C43H63N3O4S. The minimum Gasteiger partial charge on any atom is -0.494 e. The predicted octanol–water partition coefficient (Wildman–Crippen LogP) is 10.5. The minimum absolute atomic E-state index is 0.0186. The summed E-state index contributed by atoms with van der Waals surface area (Å²) >= 11 is 1.81. The third-order valence-corrected chi connectivity index (χ3v) is 11.7. The normalized spacial score (nSPS) is 16.1. The van der Waals surface area contributed by atoms with E-state index < -0.39 is 0 Å². The summed E-state index contributed by atoms with van der Waals surface area (Å²) in [6.45, 7) is 12.4. The van der Waals surface area contributed by atoms with Crippen LogP contribution in [0.2, 0.25) is 0 Å². The van der Waals surface area contributed by atoms with Gasteiger partial charge in [-0.25, -0.2) is 0 Å². The molecular weight excluding hydrogens is 655 g/mol. The SMILES string of the molecule is CCCCCCCCCCCCCCC(=O)OCN1C(=O)CC(C)(C)c2ccc(OCCCCN3CCN(c4cccc5sccc45)CC3)cc21. The van der Waals surface area contributed by atoms with Crippen LogP contribution in [0.1, 0.15) is 129 Å². The molecule has 2 aliphatic heterocycles. The second kappa shape index (κ2) is 20.2. The summed E-state index contributed by atoms with van der Waals surface area (Å²) in [5, 5.41) is 3.56. The molecule has 2 aliphatic rings. The molecule has 0 unspecified atom stereocenters. The van der Waals surface area contributed by atoms with Gasteiger partial charge in [-0.15, -0.1) is 11.3 Å². The van der Waals surface area contributed by atoms with Gasteiger partial charge in [0.1, 0.15) is 5.75 Å². The van der Waals surface area contributed by atoms with E-state index in [0.29, 0.717) is 19.4 Å². The summed E-state index contributed by atoms with van der Waals surface area (Å²) in [5.41, 5.74) is 2.95. The van der Waals surface area contributed by atoms with E-state index in [2.05, 4.69) is 66.3 Å². The average molecular weight is 718 g/mol. The average Bonchev–Trinajstić information content (AvgIpc) is 3.61. The van der Waals surface area contributed by atoms with Crippen LogP contribution in [0.5, 0.6) is 5.75 Å². The van der Waals surface area contributed by atoms with E-state index in [0.717, 1.165) is 75.4 Å². The van der Waals surface area contributed by atoms with Crippen molar-refractivity contribution in [2.45, 2.75) is 129 Å². The number of hydrogen-bond donors (Lipinski definition) is 0. The predicted molar refractivity (Wildman–Crippen MR) is 213 cm³/mol. The highest BCUT2D eigenvalue weighted by Crippen LogP contribution is 2.42. The van der Waals surface area contributed by atoms with E-state index in [1.807, 2.05) is 23.5 Å². The number of benzene rings is 2. The lowest BCUT2D eigenvalue weighted by molar-refractivity contribution is -0.144. The van der Waals surface area contributed by atoms with Gasteiger partial charge in [0.05, 0.1) is 12.3 Å². The molecule has 7 nitrogen and oxygen atoms in total.